The maximum atomic E-state index is 5.59. The highest BCUT2D eigenvalue weighted by Gasteiger charge is 2.14. The van der Waals surface area contributed by atoms with Crippen LogP contribution in [-0.4, -0.2) is 51.4 Å². The molecule has 0 spiro atoms. The molecule has 1 aliphatic rings. The highest BCUT2D eigenvalue weighted by atomic mass is 16.5. The molecule has 1 saturated heterocycles. The van der Waals surface area contributed by atoms with Crippen LogP contribution in [0.25, 0.3) is 0 Å². The van der Waals surface area contributed by atoms with Crippen LogP contribution in [0.2, 0.25) is 0 Å². The smallest absolute Gasteiger partial charge is 0.123 e. The summed E-state index contributed by atoms with van der Waals surface area (Å²) in [5, 5.41) is 3.47. The van der Waals surface area contributed by atoms with Gasteiger partial charge in [-0.3, -0.25) is 0 Å². The van der Waals surface area contributed by atoms with Crippen LogP contribution in [0.3, 0.4) is 0 Å². The van der Waals surface area contributed by atoms with Crippen molar-refractivity contribution >= 4 is 0 Å². The van der Waals surface area contributed by atoms with Gasteiger partial charge in [0.05, 0.1) is 13.2 Å². The number of likely N-dealkylation sites (N-methyl/N-ethyl adjacent to an activating group) is 1. The second-order valence-corrected chi connectivity index (χ2v) is 5.39. The maximum absolute atomic E-state index is 5.59. The summed E-state index contributed by atoms with van der Waals surface area (Å²) in [5.74, 6) is 0.965. The summed E-state index contributed by atoms with van der Waals surface area (Å²) in [5.41, 5.74) is 1.23. The predicted molar refractivity (Wildman–Crippen MR) is 81.2 cm³/mol. The van der Waals surface area contributed by atoms with Crippen LogP contribution in [0.1, 0.15) is 18.4 Å². The van der Waals surface area contributed by atoms with E-state index < -0.39 is 0 Å². The fraction of sp³-hybridized carbons (Fsp3) is 0.625. The highest BCUT2D eigenvalue weighted by Crippen LogP contribution is 2.18. The molecular weight excluding hydrogens is 252 g/mol. The minimum atomic E-state index is 0.425. The van der Waals surface area contributed by atoms with E-state index in [1.807, 2.05) is 12.1 Å². The molecule has 1 aromatic rings. The minimum absolute atomic E-state index is 0.425. The molecule has 1 fully saturated rings. The van der Waals surface area contributed by atoms with Crippen molar-refractivity contribution in [1.82, 2.24) is 10.2 Å². The van der Waals surface area contributed by atoms with Crippen LogP contribution >= 0.6 is 0 Å². The van der Waals surface area contributed by atoms with Gasteiger partial charge in [-0.15, -0.1) is 0 Å². The van der Waals surface area contributed by atoms with E-state index in [-0.39, 0.29) is 0 Å². The van der Waals surface area contributed by atoms with Gasteiger partial charge >= 0.3 is 0 Å². The average Bonchev–Trinajstić information content (AvgIpc) is 2.97. The van der Waals surface area contributed by atoms with Crippen molar-refractivity contribution in [1.29, 1.82) is 0 Å². The molecule has 4 heteroatoms. The van der Waals surface area contributed by atoms with E-state index in [4.69, 9.17) is 9.47 Å². The number of para-hydroxylation sites is 1. The summed E-state index contributed by atoms with van der Waals surface area (Å²) in [7, 11) is 3.86. The number of hydrogen-bond acceptors (Lipinski definition) is 4. The molecule has 0 bridgehead atoms. The SMILES string of the molecule is COc1ccccc1CN(C)CCNCC1CCCO1. The Balaban J connectivity index is 1.65. The van der Waals surface area contributed by atoms with Crippen LogP contribution in [0.5, 0.6) is 5.75 Å². The number of benzene rings is 1. The third-order valence-corrected chi connectivity index (χ3v) is 3.70. The van der Waals surface area contributed by atoms with E-state index in [1.165, 1.54) is 18.4 Å². The molecule has 1 aliphatic heterocycles. The predicted octanol–water partition coefficient (Wildman–Crippen LogP) is 1.90. The standard InChI is InChI=1S/C16H26N2O2/c1-18(10-9-17-12-15-7-5-11-20-15)13-14-6-3-4-8-16(14)19-2/h3-4,6,8,15,17H,5,7,9-13H2,1-2H3. The summed E-state index contributed by atoms with van der Waals surface area (Å²) in [6.45, 7) is 4.82. The van der Waals surface area contributed by atoms with Crippen LogP contribution in [0.15, 0.2) is 24.3 Å². The van der Waals surface area contributed by atoms with E-state index >= 15 is 0 Å². The lowest BCUT2D eigenvalue weighted by molar-refractivity contribution is 0.109. The first kappa shape index (κ1) is 15.3. The molecule has 112 valence electrons. The molecule has 0 amide bonds. The van der Waals surface area contributed by atoms with E-state index in [9.17, 15) is 0 Å². The van der Waals surface area contributed by atoms with E-state index in [0.29, 0.717) is 6.10 Å². The topological polar surface area (TPSA) is 33.7 Å². The minimum Gasteiger partial charge on any atom is -0.496 e. The second kappa shape index (κ2) is 8.25. The Hall–Kier alpha value is -1.10. The van der Waals surface area contributed by atoms with Gasteiger partial charge in [0.2, 0.25) is 0 Å². The number of rotatable bonds is 8. The summed E-state index contributed by atoms with van der Waals surface area (Å²) < 4.78 is 11.0. The number of ether oxygens (including phenoxy) is 2. The van der Waals surface area contributed by atoms with Gasteiger partial charge in [-0.05, 0) is 26.0 Å². The Morgan fingerprint density at radius 1 is 1.40 bits per heavy atom. The third kappa shape index (κ3) is 4.78. The largest absolute Gasteiger partial charge is 0.496 e. The van der Waals surface area contributed by atoms with Crippen LogP contribution in [-0.2, 0) is 11.3 Å². The number of nitrogens with zero attached hydrogens (tertiary/aromatic N) is 1. The molecule has 2 rings (SSSR count). The van der Waals surface area contributed by atoms with Gasteiger partial charge in [0.15, 0.2) is 0 Å². The van der Waals surface area contributed by atoms with E-state index in [0.717, 1.165) is 38.5 Å². The lowest BCUT2D eigenvalue weighted by Crippen LogP contribution is -2.33. The van der Waals surface area contributed by atoms with Crippen molar-refractivity contribution in [3.8, 4) is 5.75 Å². The lowest BCUT2D eigenvalue weighted by Gasteiger charge is -2.19. The first-order valence-electron chi connectivity index (χ1n) is 7.42. The molecule has 1 heterocycles. The fourth-order valence-corrected chi connectivity index (χ4v) is 2.54. The Bertz CT molecular complexity index is 392. The normalized spacial score (nSPS) is 18.6. The van der Waals surface area contributed by atoms with E-state index in [1.54, 1.807) is 7.11 Å². The Labute approximate surface area is 122 Å². The van der Waals surface area contributed by atoms with Gasteiger partial charge in [-0.1, -0.05) is 18.2 Å². The van der Waals surface area contributed by atoms with Crippen molar-refractivity contribution < 1.29 is 9.47 Å². The van der Waals surface area contributed by atoms with Gasteiger partial charge < -0.3 is 19.7 Å². The van der Waals surface area contributed by atoms with Crippen LogP contribution in [0, 0.1) is 0 Å². The molecular formula is C16H26N2O2. The summed E-state index contributed by atoms with van der Waals surface area (Å²) in [6, 6.07) is 8.20. The molecule has 0 saturated carbocycles. The van der Waals surface area contributed by atoms with Crippen LogP contribution < -0.4 is 10.1 Å². The number of nitrogens with one attached hydrogen (secondary N) is 1. The van der Waals surface area contributed by atoms with Crippen LogP contribution in [0.4, 0.5) is 0 Å². The molecule has 20 heavy (non-hydrogen) atoms. The van der Waals surface area contributed by atoms with Crippen molar-refractivity contribution in [3.63, 3.8) is 0 Å². The summed E-state index contributed by atoms with van der Waals surface area (Å²) >= 11 is 0. The Kier molecular flexibility index (Phi) is 6.30. The highest BCUT2D eigenvalue weighted by molar-refractivity contribution is 5.32. The second-order valence-electron chi connectivity index (χ2n) is 5.39. The Morgan fingerprint density at radius 2 is 2.25 bits per heavy atom. The van der Waals surface area contributed by atoms with Crippen molar-refractivity contribution in [3.05, 3.63) is 29.8 Å². The molecule has 1 N–H and O–H groups in total. The van der Waals surface area contributed by atoms with Crippen molar-refractivity contribution in [2.75, 3.05) is 40.4 Å². The third-order valence-electron chi connectivity index (χ3n) is 3.70. The molecule has 1 atom stereocenters. The quantitative estimate of drug-likeness (QED) is 0.736. The van der Waals surface area contributed by atoms with E-state index in [2.05, 4.69) is 29.4 Å². The average molecular weight is 278 g/mol. The monoisotopic (exact) mass is 278 g/mol. The molecule has 0 radical (unpaired) electrons. The number of hydrogen-bond donors (Lipinski definition) is 1. The van der Waals surface area contributed by atoms with Crippen molar-refractivity contribution in [2.45, 2.75) is 25.5 Å². The lowest BCUT2D eigenvalue weighted by atomic mass is 10.2. The molecule has 0 aliphatic carbocycles. The van der Waals surface area contributed by atoms with Gasteiger partial charge in [0.1, 0.15) is 5.75 Å². The zero-order valence-corrected chi connectivity index (χ0v) is 12.6. The van der Waals surface area contributed by atoms with Gasteiger partial charge in [-0.25, -0.2) is 0 Å². The summed E-state index contributed by atoms with van der Waals surface area (Å²) in [6.07, 6.45) is 2.83. The first-order chi connectivity index (χ1) is 9.79. The molecule has 0 aromatic heterocycles. The zero-order chi connectivity index (χ0) is 14.2. The summed E-state index contributed by atoms with van der Waals surface area (Å²) in [4.78, 5) is 2.31. The van der Waals surface area contributed by atoms with Gasteiger partial charge in [-0.2, -0.15) is 0 Å². The first-order valence-corrected chi connectivity index (χ1v) is 7.42. The van der Waals surface area contributed by atoms with Crippen molar-refractivity contribution in [2.24, 2.45) is 0 Å². The molecule has 4 nitrogen and oxygen atoms in total. The zero-order valence-electron chi connectivity index (χ0n) is 12.6. The maximum Gasteiger partial charge on any atom is 0.123 e. The van der Waals surface area contributed by atoms with Gasteiger partial charge in [0, 0.05) is 38.3 Å². The molecule has 1 aromatic carbocycles. The van der Waals surface area contributed by atoms with Gasteiger partial charge in [0.25, 0.3) is 0 Å². The Morgan fingerprint density at radius 3 is 3.00 bits per heavy atom. The fourth-order valence-electron chi connectivity index (χ4n) is 2.54. The number of methoxy groups -OCH3 is 1. The molecule has 1 unspecified atom stereocenters.